The van der Waals surface area contributed by atoms with E-state index in [0.717, 1.165) is 67.6 Å². The molecule has 3 aliphatic carbocycles. The van der Waals surface area contributed by atoms with Gasteiger partial charge in [0.2, 0.25) is 5.78 Å². The number of likely N-dealkylation sites (N-methyl/N-ethyl adjacent to an activating group) is 1. The molecule has 3 aliphatic heterocycles. The van der Waals surface area contributed by atoms with Gasteiger partial charge in [-0.15, -0.1) is 0 Å². The molecule has 58 heavy (non-hydrogen) atoms. The van der Waals surface area contributed by atoms with E-state index < -0.39 is 23.0 Å². The predicted octanol–water partition coefficient (Wildman–Crippen LogP) is 4.75. The minimum atomic E-state index is -2.05. The number of ether oxygens (including phenoxy) is 2. The summed E-state index contributed by atoms with van der Waals surface area (Å²) in [5.41, 5.74) is 7.19. The summed E-state index contributed by atoms with van der Waals surface area (Å²) in [6.45, 7) is 8.41. The number of aliphatic imine (C=N–C) groups is 1. The summed E-state index contributed by atoms with van der Waals surface area (Å²) in [5, 5.41) is 16.7. The smallest absolute Gasteiger partial charge is 0.350 e. The molecule has 0 saturated carbocycles. The first-order valence-corrected chi connectivity index (χ1v) is 21.4. The number of esters is 1. The molecule has 4 bridgehead atoms. The number of carbonyl (C=O) groups excluding carboxylic acids is 3. The second kappa shape index (κ2) is 17.8. The molecule has 1 aromatic carbocycles. The van der Waals surface area contributed by atoms with Gasteiger partial charge in [0.1, 0.15) is 5.82 Å². The number of allylic oxidation sites excluding steroid dienone is 3. The first-order valence-electron chi connectivity index (χ1n) is 21.4. The summed E-state index contributed by atoms with van der Waals surface area (Å²) in [4.78, 5) is 48.6. The zero-order valence-corrected chi connectivity index (χ0v) is 34.9. The molecule has 8 atom stereocenters. The van der Waals surface area contributed by atoms with Crippen LogP contribution in [0.1, 0.15) is 98.4 Å². The molecule has 1 saturated heterocycles. The van der Waals surface area contributed by atoms with E-state index >= 15 is 0 Å². The van der Waals surface area contributed by atoms with E-state index in [-0.39, 0.29) is 36.8 Å². The van der Waals surface area contributed by atoms with Crippen LogP contribution in [0.3, 0.4) is 0 Å². The minimum Gasteiger partial charge on any atom is -0.463 e. The van der Waals surface area contributed by atoms with E-state index in [4.69, 9.17) is 15.2 Å². The van der Waals surface area contributed by atoms with Crippen molar-refractivity contribution >= 4 is 23.5 Å². The lowest BCUT2D eigenvalue weighted by Crippen LogP contribution is -2.51. The molecule has 312 valence electrons. The lowest BCUT2D eigenvalue weighted by molar-refractivity contribution is -0.150. The van der Waals surface area contributed by atoms with Crippen molar-refractivity contribution in [2.75, 3.05) is 40.5 Å². The van der Waals surface area contributed by atoms with Gasteiger partial charge < -0.3 is 41.8 Å². The van der Waals surface area contributed by atoms with Crippen LogP contribution < -0.4 is 32.3 Å². The number of nitrogens with zero attached hydrogens (tertiary/aromatic N) is 1. The zero-order chi connectivity index (χ0) is 41.0. The van der Waals surface area contributed by atoms with Crippen LogP contribution in [0.5, 0.6) is 0 Å². The van der Waals surface area contributed by atoms with Gasteiger partial charge >= 0.3 is 5.97 Å². The van der Waals surface area contributed by atoms with E-state index in [1.807, 2.05) is 38.3 Å². The molecule has 1 fully saturated rings. The fourth-order valence-corrected chi connectivity index (χ4v) is 10.1. The van der Waals surface area contributed by atoms with Crippen LogP contribution in [-0.4, -0.2) is 87.2 Å². The van der Waals surface area contributed by atoms with Gasteiger partial charge in [-0.25, -0.2) is 4.79 Å². The number of hydrogen-bond acceptors (Lipinski definition) is 10. The number of Topliss-reactive ketones (excluding diaryl/α,β-unsaturated/α-hetero) is 2. The summed E-state index contributed by atoms with van der Waals surface area (Å²) in [7, 11) is 3.51. The second-order valence-electron chi connectivity index (χ2n) is 17.2. The number of guanidine groups is 1. The summed E-state index contributed by atoms with van der Waals surface area (Å²) in [6, 6.07) is 5.29. The molecule has 6 aliphatic rings. The normalized spacial score (nSPS) is 31.7. The average Bonchev–Trinajstić information content (AvgIpc) is 3.94. The summed E-state index contributed by atoms with van der Waals surface area (Å²) in [6.07, 6.45) is 20.6. The van der Waals surface area contributed by atoms with Gasteiger partial charge in [-0.2, -0.15) is 0 Å². The Labute approximate surface area is 343 Å². The number of hydrogen-bond donors (Lipinski definition) is 6. The number of nitrogens with two attached hydrogens (primary N) is 1. The molecule has 3 heterocycles. The highest BCUT2D eigenvalue weighted by atomic mass is 16.7. The molecule has 8 unspecified atom stereocenters. The van der Waals surface area contributed by atoms with Crippen LogP contribution in [0.2, 0.25) is 0 Å². The lowest BCUT2D eigenvalue weighted by atomic mass is 9.68. The number of cyclic esters (lactones) is 1. The van der Waals surface area contributed by atoms with Crippen LogP contribution in [-0.2, 0) is 20.7 Å². The summed E-state index contributed by atoms with van der Waals surface area (Å²) in [5.74, 6) is 0.861. The van der Waals surface area contributed by atoms with Crippen molar-refractivity contribution < 1.29 is 23.9 Å². The van der Waals surface area contributed by atoms with Crippen LogP contribution >= 0.6 is 0 Å². The molecule has 1 spiro atoms. The minimum absolute atomic E-state index is 0.0158. The average molecular weight is 794 g/mol. The Morgan fingerprint density at radius 2 is 1.98 bits per heavy atom. The SMILES string of the molecule is CCNC1C=C2C=CCC3CCCCC(C)Cc4cccc5c4C(=O)C4(OC4(CC=C(C)CC(NC(N)=NC)C4=CCNC(NCNC)=C4)C5=O)C(=O)OCC1CC23. The number of carbonyl (C=O) groups is 3. The lowest BCUT2D eigenvalue weighted by Gasteiger charge is -2.40. The Morgan fingerprint density at radius 3 is 2.78 bits per heavy atom. The van der Waals surface area contributed by atoms with Crippen LogP contribution in [0.15, 0.2) is 82.2 Å². The summed E-state index contributed by atoms with van der Waals surface area (Å²) < 4.78 is 12.7. The van der Waals surface area contributed by atoms with Gasteiger partial charge in [-0.1, -0.05) is 87.3 Å². The predicted molar refractivity (Wildman–Crippen MR) is 227 cm³/mol. The standard InChI is InChI=1S/C46H63N7O5/c1-6-50-37-24-31-14-9-13-30-12-8-7-11-28(2)21-33-15-10-16-35-40(33)42(55)46(43(56)57-26-34(37)23-36(30)31)45(58-46,41(35)54)19-17-29(3)22-38(53-44(47)49-5)32-18-20-51-39(25-32)52-27-48-4/h9-10,14-18,24-25,28,30,34,36-38,48,50-52H,6-8,11-13,19-23,26-27H2,1-5H3,(H3,47,49,53). The first kappa shape index (κ1) is 41.6. The zero-order valence-electron chi connectivity index (χ0n) is 34.9. The van der Waals surface area contributed by atoms with Crippen LogP contribution in [0.25, 0.3) is 0 Å². The maximum atomic E-state index is 15.0. The molecule has 0 amide bonds. The number of dihydropyridines is 1. The molecular weight excluding hydrogens is 731 g/mol. The number of benzene rings is 1. The van der Waals surface area contributed by atoms with Crippen molar-refractivity contribution in [1.29, 1.82) is 0 Å². The number of nitrogens with one attached hydrogen (secondary N) is 5. The van der Waals surface area contributed by atoms with E-state index in [0.29, 0.717) is 60.9 Å². The molecule has 0 radical (unpaired) electrons. The fraction of sp³-hybridized carbons (Fsp3) is 0.565. The monoisotopic (exact) mass is 793 g/mol. The second-order valence-corrected chi connectivity index (χ2v) is 17.2. The molecule has 0 aromatic heterocycles. The number of ketones is 2. The Hall–Kier alpha value is -4.52. The fourth-order valence-electron chi connectivity index (χ4n) is 10.1. The molecule has 7 N–H and O–H groups in total. The van der Waals surface area contributed by atoms with Gasteiger partial charge in [0.15, 0.2) is 17.3 Å². The van der Waals surface area contributed by atoms with Crippen molar-refractivity contribution in [3.8, 4) is 0 Å². The summed E-state index contributed by atoms with van der Waals surface area (Å²) >= 11 is 0. The molecule has 12 nitrogen and oxygen atoms in total. The van der Waals surface area contributed by atoms with Crippen molar-refractivity contribution in [3.63, 3.8) is 0 Å². The highest BCUT2D eigenvalue weighted by molar-refractivity contribution is 6.33. The van der Waals surface area contributed by atoms with Crippen molar-refractivity contribution in [2.24, 2.45) is 34.4 Å². The van der Waals surface area contributed by atoms with Gasteiger partial charge in [0.05, 0.1) is 19.3 Å². The largest absolute Gasteiger partial charge is 0.463 e. The Kier molecular flexibility index (Phi) is 12.8. The topological polar surface area (TPSA) is 171 Å². The Morgan fingerprint density at radius 1 is 1.16 bits per heavy atom. The maximum Gasteiger partial charge on any atom is 0.350 e. The number of rotatable bonds is 11. The maximum absolute atomic E-state index is 15.0. The van der Waals surface area contributed by atoms with E-state index in [1.54, 1.807) is 13.1 Å². The van der Waals surface area contributed by atoms with Crippen molar-refractivity contribution in [1.82, 2.24) is 26.6 Å². The molecule has 12 heteroatoms. The Bertz CT molecular complexity index is 1950. The third-order valence-corrected chi connectivity index (χ3v) is 13.2. The van der Waals surface area contributed by atoms with Crippen LogP contribution in [0, 0.1) is 23.7 Å². The van der Waals surface area contributed by atoms with Crippen molar-refractivity contribution in [3.05, 3.63) is 93.9 Å². The Balaban J connectivity index is 1.21. The van der Waals surface area contributed by atoms with E-state index in [1.165, 1.54) is 5.57 Å². The first-order chi connectivity index (χ1) is 28.0. The number of fused-ring (bicyclic) bond motifs is 1. The highest BCUT2D eigenvalue weighted by Gasteiger charge is 2.85. The number of epoxide rings is 1. The van der Waals surface area contributed by atoms with Gasteiger partial charge in [0.25, 0.3) is 5.60 Å². The third kappa shape index (κ3) is 8.07. The third-order valence-electron chi connectivity index (χ3n) is 13.2. The molecule has 7 rings (SSSR count). The quantitative estimate of drug-likeness (QED) is 0.0348. The molecular formula is C46H63N7O5. The highest BCUT2D eigenvalue weighted by Crippen LogP contribution is 2.59. The van der Waals surface area contributed by atoms with Crippen molar-refractivity contribution in [2.45, 2.75) is 102 Å². The van der Waals surface area contributed by atoms with Gasteiger partial charge in [0, 0.05) is 43.1 Å². The van der Waals surface area contributed by atoms with E-state index in [2.05, 4.69) is 69.7 Å². The van der Waals surface area contributed by atoms with Gasteiger partial charge in [-0.3, -0.25) is 14.6 Å². The van der Waals surface area contributed by atoms with Crippen LogP contribution in [0.4, 0.5) is 0 Å². The van der Waals surface area contributed by atoms with E-state index in [9.17, 15) is 14.4 Å². The van der Waals surface area contributed by atoms with Gasteiger partial charge in [-0.05, 0) is 93.2 Å². The molecule has 1 aromatic rings.